The fourth-order valence-corrected chi connectivity index (χ4v) is 2.39. The van der Waals surface area contributed by atoms with Gasteiger partial charge in [-0.2, -0.15) is 0 Å². The van der Waals surface area contributed by atoms with Crippen molar-refractivity contribution in [2.45, 2.75) is 39.8 Å². The third-order valence-electron chi connectivity index (χ3n) is 3.55. The predicted octanol–water partition coefficient (Wildman–Crippen LogP) is 4.30. The first-order valence-corrected chi connectivity index (χ1v) is 7.77. The molecule has 0 radical (unpaired) electrons. The van der Waals surface area contributed by atoms with E-state index in [2.05, 4.69) is 23.7 Å². The van der Waals surface area contributed by atoms with Crippen LogP contribution in [0.4, 0.5) is 5.82 Å². The largest absolute Gasteiger partial charge is 0.467 e. The topological polar surface area (TPSA) is 55.3 Å². The maximum absolute atomic E-state index is 5.50. The van der Waals surface area contributed by atoms with Crippen LogP contribution in [0, 0.1) is 6.92 Å². The van der Waals surface area contributed by atoms with Gasteiger partial charge in [0.25, 0.3) is 0 Å². The summed E-state index contributed by atoms with van der Waals surface area (Å²) in [5.41, 5.74) is 0.961. The summed E-state index contributed by atoms with van der Waals surface area (Å²) < 4.78 is 11.0. The summed E-state index contributed by atoms with van der Waals surface area (Å²) >= 11 is 0. The minimum atomic E-state index is 0.280. The Bertz CT molecular complexity index is 697. The molecular weight excluding hydrogens is 290 g/mol. The van der Waals surface area contributed by atoms with Gasteiger partial charge in [0.15, 0.2) is 0 Å². The Hall–Kier alpha value is -2.56. The molecular formula is C18H21N3O2. The van der Waals surface area contributed by atoms with E-state index in [0.29, 0.717) is 13.1 Å². The summed E-state index contributed by atoms with van der Waals surface area (Å²) in [6.45, 7) is 7.45. The van der Waals surface area contributed by atoms with Crippen LogP contribution < -0.4 is 4.90 Å². The zero-order valence-corrected chi connectivity index (χ0v) is 13.7. The molecule has 0 unspecified atom stereocenters. The van der Waals surface area contributed by atoms with Gasteiger partial charge in [-0.1, -0.05) is 13.8 Å². The molecule has 0 bridgehead atoms. The van der Waals surface area contributed by atoms with Crippen molar-refractivity contribution in [3.8, 4) is 0 Å². The van der Waals surface area contributed by atoms with Gasteiger partial charge in [-0.25, -0.2) is 9.97 Å². The number of aryl methyl sites for hydroxylation is 1. The number of nitrogens with zero attached hydrogens (tertiary/aromatic N) is 3. The lowest BCUT2D eigenvalue weighted by Crippen LogP contribution is -2.23. The van der Waals surface area contributed by atoms with Crippen molar-refractivity contribution in [2.75, 3.05) is 4.90 Å². The molecule has 0 spiro atoms. The lowest BCUT2D eigenvalue weighted by molar-refractivity contribution is 0.475. The smallest absolute Gasteiger partial charge is 0.133 e. The molecule has 0 atom stereocenters. The number of hydrogen-bond acceptors (Lipinski definition) is 5. The molecule has 5 heteroatoms. The van der Waals surface area contributed by atoms with Crippen molar-refractivity contribution in [3.05, 3.63) is 65.9 Å². The van der Waals surface area contributed by atoms with Gasteiger partial charge in [0.2, 0.25) is 0 Å². The number of anilines is 1. The molecule has 0 aliphatic heterocycles. The summed E-state index contributed by atoms with van der Waals surface area (Å²) in [7, 11) is 0. The van der Waals surface area contributed by atoms with Crippen molar-refractivity contribution < 1.29 is 8.83 Å². The van der Waals surface area contributed by atoms with Crippen molar-refractivity contribution >= 4 is 5.82 Å². The molecule has 3 rings (SSSR count). The fraction of sp³-hybridized carbons (Fsp3) is 0.333. The highest BCUT2D eigenvalue weighted by atomic mass is 16.3. The van der Waals surface area contributed by atoms with Crippen LogP contribution in [0.15, 0.2) is 51.7 Å². The summed E-state index contributed by atoms with van der Waals surface area (Å²) in [4.78, 5) is 11.4. The Kier molecular flexibility index (Phi) is 4.46. The summed E-state index contributed by atoms with van der Waals surface area (Å²) in [6, 6.07) is 9.72. The molecule has 5 nitrogen and oxygen atoms in total. The van der Waals surface area contributed by atoms with Crippen molar-refractivity contribution in [3.63, 3.8) is 0 Å². The van der Waals surface area contributed by atoms with Gasteiger partial charge in [0, 0.05) is 17.7 Å². The van der Waals surface area contributed by atoms with Crippen molar-refractivity contribution in [2.24, 2.45) is 0 Å². The normalized spacial score (nSPS) is 11.1. The van der Waals surface area contributed by atoms with Crippen molar-refractivity contribution in [1.29, 1.82) is 0 Å². The number of rotatable bonds is 6. The molecule has 0 aliphatic rings. The van der Waals surface area contributed by atoms with Crippen LogP contribution in [0.3, 0.4) is 0 Å². The van der Waals surface area contributed by atoms with E-state index in [-0.39, 0.29) is 5.92 Å². The Labute approximate surface area is 136 Å². The van der Waals surface area contributed by atoms with Crippen LogP contribution in [0.1, 0.15) is 42.8 Å². The van der Waals surface area contributed by atoms with Gasteiger partial charge < -0.3 is 13.7 Å². The third kappa shape index (κ3) is 3.80. The molecule has 0 aliphatic carbocycles. The molecule has 0 fully saturated rings. The molecule has 0 N–H and O–H groups in total. The first-order valence-electron chi connectivity index (χ1n) is 7.77. The average Bonchev–Trinajstić information content (AvgIpc) is 3.19. The van der Waals surface area contributed by atoms with Gasteiger partial charge >= 0.3 is 0 Å². The molecule has 3 aromatic heterocycles. The number of hydrogen-bond donors (Lipinski definition) is 0. The van der Waals surface area contributed by atoms with Crippen LogP contribution >= 0.6 is 0 Å². The third-order valence-corrected chi connectivity index (χ3v) is 3.55. The van der Waals surface area contributed by atoms with E-state index < -0.39 is 0 Å². The average molecular weight is 311 g/mol. The number of furan rings is 2. The van der Waals surface area contributed by atoms with Crippen LogP contribution in [0.5, 0.6) is 0 Å². The van der Waals surface area contributed by atoms with E-state index in [1.54, 1.807) is 12.5 Å². The van der Waals surface area contributed by atoms with E-state index in [0.717, 1.165) is 28.9 Å². The van der Waals surface area contributed by atoms with E-state index in [9.17, 15) is 0 Å². The van der Waals surface area contributed by atoms with Crippen LogP contribution in [0.2, 0.25) is 0 Å². The fourth-order valence-electron chi connectivity index (χ4n) is 2.39. The highest BCUT2D eigenvalue weighted by Gasteiger charge is 2.15. The Morgan fingerprint density at radius 3 is 2.09 bits per heavy atom. The van der Waals surface area contributed by atoms with E-state index in [1.165, 1.54) is 0 Å². The predicted molar refractivity (Wildman–Crippen MR) is 88.2 cm³/mol. The molecule has 0 aromatic carbocycles. The molecule has 120 valence electrons. The molecule has 0 amide bonds. The molecule has 3 aromatic rings. The minimum absolute atomic E-state index is 0.280. The van der Waals surface area contributed by atoms with Gasteiger partial charge in [-0.15, -0.1) is 0 Å². The first kappa shape index (κ1) is 15.3. The van der Waals surface area contributed by atoms with Gasteiger partial charge in [-0.3, -0.25) is 0 Å². The van der Waals surface area contributed by atoms with Crippen LogP contribution in [-0.2, 0) is 13.1 Å². The van der Waals surface area contributed by atoms with Crippen LogP contribution in [0.25, 0.3) is 0 Å². The van der Waals surface area contributed by atoms with Crippen molar-refractivity contribution in [1.82, 2.24) is 9.97 Å². The molecule has 0 saturated carbocycles. The Morgan fingerprint density at radius 1 is 1.00 bits per heavy atom. The lowest BCUT2D eigenvalue weighted by Gasteiger charge is -2.23. The SMILES string of the molecule is Cc1cc(N(Cc2ccco2)Cc2ccco2)nc(C(C)C)n1. The zero-order valence-electron chi connectivity index (χ0n) is 13.7. The van der Waals surface area contributed by atoms with Gasteiger partial charge in [0.1, 0.15) is 23.2 Å². The van der Waals surface area contributed by atoms with Gasteiger partial charge in [0.05, 0.1) is 25.6 Å². The Morgan fingerprint density at radius 2 is 1.61 bits per heavy atom. The molecule has 23 heavy (non-hydrogen) atoms. The maximum Gasteiger partial charge on any atom is 0.133 e. The highest BCUT2D eigenvalue weighted by molar-refractivity contribution is 5.41. The summed E-state index contributed by atoms with van der Waals surface area (Å²) in [5, 5.41) is 0. The zero-order chi connectivity index (χ0) is 16.2. The monoisotopic (exact) mass is 311 g/mol. The standard InChI is InChI=1S/C18H21N3O2/c1-13(2)18-19-14(3)10-17(20-18)21(11-15-6-4-8-22-15)12-16-7-5-9-23-16/h4-10,13H,11-12H2,1-3H3. The van der Waals surface area contributed by atoms with E-state index >= 15 is 0 Å². The second kappa shape index (κ2) is 6.69. The first-order chi connectivity index (χ1) is 11.1. The second-order valence-electron chi connectivity index (χ2n) is 5.90. The number of aromatic nitrogens is 2. The molecule has 0 saturated heterocycles. The Balaban J connectivity index is 1.93. The minimum Gasteiger partial charge on any atom is -0.467 e. The summed E-state index contributed by atoms with van der Waals surface area (Å²) in [5.74, 6) is 3.79. The molecule has 3 heterocycles. The van der Waals surface area contributed by atoms with E-state index in [1.807, 2.05) is 37.3 Å². The maximum atomic E-state index is 5.50. The van der Waals surface area contributed by atoms with E-state index in [4.69, 9.17) is 13.8 Å². The second-order valence-corrected chi connectivity index (χ2v) is 5.90. The lowest BCUT2D eigenvalue weighted by atomic mass is 10.2. The highest BCUT2D eigenvalue weighted by Crippen LogP contribution is 2.21. The van der Waals surface area contributed by atoms with Gasteiger partial charge in [-0.05, 0) is 31.2 Å². The quantitative estimate of drug-likeness (QED) is 0.679. The van der Waals surface area contributed by atoms with Crippen LogP contribution in [-0.4, -0.2) is 9.97 Å². The summed E-state index contributed by atoms with van der Waals surface area (Å²) in [6.07, 6.45) is 3.37.